The number of carbonyl (C=O) groups excluding carboxylic acids is 1. The molecule has 2 N–H and O–H groups in total. The number of sulfonamides is 1. The maximum atomic E-state index is 12.5. The lowest BCUT2D eigenvalue weighted by atomic mass is 10.1. The summed E-state index contributed by atoms with van der Waals surface area (Å²) in [5, 5.41) is 2.93. The molecule has 0 heterocycles. The van der Waals surface area contributed by atoms with Gasteiger partial charge in [0.25, 0.3) is 15.9 Å². The van der Waals surface area contributed by atoms with Crippen molar-refractivity contribution in [1.82, 2.24) is 5.32 Å². The highest BCUT2D eigenvalue weighted by atomic mass is 79.9. The third kappa shape index (κ3) is 6.46. The van der Waals surface area contributed by atoms with Gasteiger partial charge in [-0.2, -0.15) is 0 Å². The summed E-state index contributed by atoms with van der Waals surface area (Å²) >= 11 is 9.59. The van der Waals surface area contributed by atoms with Crippen LogP contribution in [0, 0.1) is 0 Å². The molecule has 9 heteroatoms. The largest absolute Gasteiger partial charge is 0.482 e. The molecule has 0 bridgehead atoms. The van der Waals surface area contributed by atoms with Crippen LogP contribution in [0.1, 0.15) is 18.5 Å². The van der Waals surface area contributed by atoms with E-state index in [4.69, 9.17) is 16.3 Å². The van der Waals surface area contributed by atoms with Gasteiger partial charge in [-0.3, -0.25) is 9.52 Å². The van der Waals surface area contributed by atoms with E-state index < -0.39 is 10.0 Å². The van der Waals surface area contributed by atoms with E-state index in [0.717, 1.165) is 10.0 Å². The van der Waals surface area contributed by atoms with Crippen LogP contribution in [0.4, 0.5) is 5.69 Å². The molecule has 0 spiro atoms. The van der Waals surface area contributed by atoms with E-state index in [2.05, 4.69) is 26.0 Å². The van der Waals surface area contributed by atoms with Gasteiger partial charge in [0.05, 0.1) is 16.0 Å². The van der Waals surface area contributed by atoms with E-state index in [1.807, 2.05) is 31.2 Å². The highest BCUT2D eigenvalue weighted by Gasteiger charge is 2.17. The van der Waals surface area contributed by atoms with Crippen LogP contribution in [0.15, 0.2) is 82.2 Å². The minimum absolute atomic E-state index is 0.0126. The Morgan fingerprint density at radius 1 is 1.06 bits per heavy atom. The molecule has 1 amide bonds. The van der Waals surface area contributed by atoms with Gasteiger partial charge in [-0.25, -0.2) is 8.42 Å². The normalized spacial score (nSPS) is 12.1. The van der Waals surface area contributed by atoms with Crippen LogP contribution in [-0.4, -0.2) is 20.9 Å². The number of hydrogen-bond donors (Lipinski definition) is 2. The highest BCUT2D eigenvalue weighted by Crippen LogP contribution is 2.28. The second-order valence-electron chi connectivity index (χ2n) is 6.70. The molecule has 0 aliphatic rings. The number of hydrogen-bond acceptors (Lipinski definition) is 4. The fraction of sp³-hybridized carbons (Fsp3) is 0.136. The number of halogens is 2. The number of anilines is 1. The molecule has 0 radical (unpaired) electrons. The molecule has 0 saturated carbocycles. The van der Waals surface area contributed by atoms with Gasteiger partial charge in [0, 0.05) is 10.2 Å². The Hall–Kier alpha value is -2.55. The first kappa shape index (κ1) is 23.1. The van der Waals surface area contributed by atoms with E-state index in [1.165, 1.54) is 18.2 Å². The SMILES string of the molecule is C[C@H](NC(=O)COc1ccc(S(=O)(=O)Nc2ccccc2)cc1Cl)c1cccc(Br)c1. The fourth-order valence-corrected chi connectivity index (χ4v) is 4.57. The van der Waals surface area contributed by atoms with Crippen molar-refractivity contribution in [2.24, 2.45) is 0 Å². The van der Waals surface area contributed by atoms with Gasteiger partial charge in [0.15, 0.2) is 6.61 Å². The fourth-order valence-electron chi connectivity index (χ4n) is 2.77. The molecule has 31 heavy (non-hydrogen) atoms. The molecule has 0 unspecified atom stereocenters. The number of amides is 1. The van der Waals surface area contributed by atoms with Crippen molar-refractivity contribution >= 4 is 49.1 Å². The maximum Gasteiger partial charge on any atom is 0.261 e. The molecule has 0 aliphatic heterocycles. The first-order valence-corrected chi connectivity index (χ1v) is 11.9. The standard InChI is InChI=1S/C22H20BrClN2O4S/c1-15(16-6-5-7-17(23)12-16)25-22(27)14-30-21-11-10-19(13-20(21)24)31(28,29)26-18-8-3-2-4-9-18/h2-13,15,26H,14H2,1H3,(H,25,27)/t15-/m0/s1. The molecule has 6 nitrogen and oxygen atoms in total. The topological polar surface area (TPSA) is 84.5 Å². The number of carbonyl (C=O) groups is 1. The van der Waals surface area contributed by atoms with E-state index >= 15 is 0 Å². The lowest BCUT2D eigenvalue weighted by Gasteiger charge is -2.15. The van der Waals surface area contributed by atoms with Gasteiger partial charge < -0.3 is 10.1 Å². The maximum absolute atomic E-state index is 12.5. The van der Waals surface area contributed by atoms with Crippen molar-refractivity contribution in [2.45, 2.75) is 17.9 Å². The summed E-state index contributed by atoms with van der Waals surface area (Å²) < 4.78 is 33.9. The van der Waals surface area contributed by atoms with Crippen LogP contribution in [-0.2, 0) is 14.8 Å². The lowest BCUT2D eigenvalue weighted by molar-refractivity contribution is -0.123. The summed E-state index contributed by atoms with van der Waals surface area (Å²) in [5.41, 5.74) is 1.39. The Balaban J connectivity index is 1.60. The van der Waals surface area contributed by atoms with Crippen LogP contribution in [0.2, 0.25) is 5.02 Å². The Morgan fingerprint density at radius 3 is 2.48 bits per heavy atom. The third-order valence-electron chi connectivity index (χ3n) is 4.32. The van der Waals surface area contributed by atoms with E-state index in [-0.39, 0.29) is 34.2 Å². The quantitative estimate of drug-likeness (QED) is 0.427. The molecule has 0 saturated heterocycles. The lowest BCUT2D eigenvalue weighted by Crippen LogP contribution is -2.31. The van der Waals surface area contributed by atoms with Gasteiger partial charge in [-0.05, 0) is 55.0 Å². The van der Waals surface area contributed by atoms with Gasteiger partial charge in [0.1, 0.15) is 5.75 Å². The summed E-state index contributed by atoms with van der Waals surface area (Å²) in [4.78, 5) is 12.2. The highest BCUT2D eigenvalue weighted by molar-refractivity contribution is 9.10. The minimum Gasteiger partial charge on any atom is -0.482 e. The number of rotatable bonds is 8. The zero-order valence-corrected chi connectivity index (χ0v) is 19.7. The Kier molecular flexibility index (Phi) is 7.59. The summed E-state index contributed by atoms with van der Waals surface area (Å²) in [6, 6.07) is 20.0. The van der Waals surface area contributed by atoms with Crippen molar-refractivity contribution < 1.29 is 17.9 Å². The van der Waals surface area contributed by atoms with Crippen molar-refractivity contribution in [1.29, 1.82) is 0 Å². The van der Waals surface area contributed by atoms with Crippen molar-refractivity contribution in [3.05, 3.63) is 87.9 Å². The van der Waals surface area contributed by atoms with Crippen molar-refractivity contribution in [3.8, 4) is 5.75 Å². The predicted molar refractivity (Wildman–Crippen MR) is 125 cm³/mol. The predicted octanol–water partition coefficient (Wildman–Crippen LogP) is 5.16. The Bertz CT molecular complexity index is 1170. The summed E-state index contributed by atoms with van der Waals surface area (Å²) in [5.74, 6) is -0.114. The van der Waals surface area contributed by atoms with Gasteiger partial charge >= 0.3 is 0 Å². The number of ether oxygens (including phenoxy) is 1. The van der Waals surface area contributed by atoms with E-state index in [9.17, 15) is 13.2 Å². The molecule has 3 aromatic carbocycles. The minimum atomic E-state index is -3.81. The molecular weight excluding hydrogens is 504 g/mol. The average Bonchev–Trinajstić information content (AvgIpc) is 2.73. The Morgan fingerprint density at radius 2 is 1.81 bits per heavy atom. The molecule has 0 aromatic heterocycles. The molecule has 3 rings (SSSR count). The smallest absolute Gasteiger partial charge is 0.261 e. The van der Waals surface area contributed by atoms with Crippen molar-refractivity contribution in [2.75, 3.05) is 11.3 Å². The second kappa shape index (κ2) is 10.2. The summed E-state index contributed by atoms with van der Waals surface area (Å²) in [6.07, 6.45) is 0. The molecule has 162 valence electrons. The first-order valence-electron chi connectivity index (χ1n) is 9.29. The van der Waals surface area contributed by atoms with Gasteiger partial charge in [-0.1, -0.05) is 57.9 Å². The van der Waals surface area contributed by atoms with Gasteiger partial charge in [-0.15, -0.1) is 0 Å². The number of nitrogens with one attached hydrogen (secondary N) is 2. The average molecular weight is 524 g/mol. The third-order valence-corrected chi connectivity index (χ3v) is 6.49. The van der Waals surface area contributed by atoms with E-state index in [1.54, 1.807) is 30.3 Å². The van der Waals surface area contributed by atoms with Crippen LogP contribution in [0.5, 0.6) is 5.75 Å². The Labute approximate surface area is 194 Å². The molecule has 0 aliphatic carbocycles. The van der Waals surface area contributed by atoms with E-state index in [0.29, 0.717) is 5.69 Å². The summed E-state index contributed by atoms with van der Waals surface area (Å²) in [6.45, 7) is 1.61. The first-order chi connectivity index (χ1) is 14.7. The van der Waals surface area contributed by atoms with Crippen molar-refractivity contribution in [3.63, 3.8) is 0 Å². The summed E-state index contributed by atoms with van der Waals surface area (Å²) in [7, 11) is -3.81. The number of benzene rings is 3. The molecule has 3 aromatic rings. The number of para-hydroxylation sites is 1. The van der Waals surface area contributed by atoms with Crippen LogP contribution < -0.4 is 14.8 Å². The molecule has 0 fully saturated rings. The second-order valence-corrected chi connectivity index (χ2v) is 9.70. The molecule has 1 atom stereocenters. The van der Waals surface area contributed by atoms with Gasteiger partial charge in [0.2, 0.25) is 0 Å². The zero-order chi connectivity index (χ0) is 22.4. The monoisotopic (exact) mass is 522 g/mol. The molecular formula is C22H20BrClN2O4S. The zero-order valence-electron chi connectivity index (χ0n) is 16.5. The van der Waals surface area contributed by atoms with Crippen LogP contribution in [0.3, 0.4) is 0 Å². The van der Waals surface area contributed by atoms with Crippen LogP contribution in [0.25, 0.3) is 0 Å². The van der Waals surface area contributed by atoms with Crippen LogP contribution >= 0.6 is 27.5 Å².